The van der Waals surface area contributed by atoms with Gasteiger partial charge in [0, 0.05) is 23.9 Å². The lowest BCUT2D eigenvalue weighted by atomic mass is 10.0. The first kappa shape index (κ1) is 12.3. The van der Waals surface area contributed by atoms with E-state index in [-0.39, 0.29) is 12.2 Å². The summed E-state index contributed by atoms with van der Waals surface area (Å²) in [6.45, 7) is 2.88. The van der Waals surface area contributed by atoms with E-state index in [0.29, 0.717) is 5.56 Å². The largest absolute Gasteiger partial charge is 0.272 e. The predicted molar refractivity (Wildman–Crippen MR) is 67.2 cm³/mol. The zero-order valence-corrected chi connectivity index (χ0v) is 10.2. The summed E-state index contributed by atoms with van der Waals surface area (Å²) in [6.07, 6.45) is 4.76. The highest BCUT2D eigenvalue weighted by atomic mass is 19.1. The molecule has 0 unspecified atom stereocenters. The highest BCUT2D eigenvalue weighted by molar-refractivity contribution is 5.63. The number of rotatable bonds is 4. The normalized spacial score (nSPS) is 10.3. The van der Waals surface area contributed by atoms with Crippen molar-refractivity contribution in [2.24, 2.45) is 0 Å². The number of nitrogens with zero attached hydrogens (tertiary/aromatic N) is 3. The fraction of sp³-hybridized carbons (Fsp3) is 0.286. The van der Waals surface area contributed by atoms with Gasteiger partial charge < -0.3 is 0 Å². The van der Waals surface area contributed by atoms with Gasteiger partial charge in [-0.05, 0) is 24.1 Å². The summed E-state index contributed by atoms with van der Waals surface area (Å²) in [6, 6.07) is 6.82. The lowest BCUT2D eigenvalue weighted by molar-refractivity contribution is 0.602. The second-order valence-electron chi connectivity index (χ2n) is 4.14. The molecule has 0 fully saturated rings. The topological polar surface area (TPSA) is 41.6 Å². The van der Waals surface area contributed by atoms with E-state index in [1.165, 1.54) is 6.07 Å². The molecule has 0 aliphatic heterocycles. The molecule has 4 heteroatoms. The van der Waals surface area contributed by atoms with Crippen molar-refractivity contribution in [1.29, 1.82) is 5.26 Å². The minimum Gasteiger partial charge on any atom is -0.272 e. The summed E-state index contributed by atoms with van der Waals surface area (Å²) < 4.78 is 15.6. The van der Waals surface area contributed by atoms with Gasteiger partial charge in [0.05, 0.1) is 18.7 Å². The zero-order valence-electron chi connectivity index (χ0n) is 10.2. The maximum atomic E-state index is 13.8. The van der Waals surface area contributed by atoms with Gasteiger partial charge >= 0.3 is 0 Å². The Bertz CT molecular complexity index is 581. The van der Waals surface area contributed by atoms with Crippen molar-refractivity contribution in [3.63, 3.8) is 0 Å². The number of halogens is 1. The fourth-order valence-electron chi connectivity index (χ4n) is 1.85. The monoisotopic (exact) mass is 243 g/mol. The van der Waals surface area contributed by atoms with Crippen molar-refractivity contribution < 1.29 is 4.39 Å². The molecule has 0 atom stereocenters. The second kappa shape index (κ2) is 5.46. The van der Waals surface area contributed by atoms with Crippen LogP contribution in [-0.4, -0.2) is 9.78 Å². The van der Waals surface area contributed by atoms with Crippen LogP contribution in [0.25, 0.3) is 11.1 Å². The van der Waals surface area contributed by atoms with Crippen molar-refractivity contribution in [2.75, 3.05) is 0 Å². The smallest absolute Gasteiger partial charge is 0.131 e. The molecule has 0 saturated heterocycles. The predicted octanol–water partition coefficient (Wildman–Crippen LogP) is 3.17. The van der Waals surface area contributed by atoms with Crippen LogP contribution in [0.1, 0.15) is 18.9 Å². The van der Waals surface area contributed by atoms with Crippen molar-refractivity contribution in [2.45, 2.75) is 26.3 Å². The van der Waals surface area contributed by atoms with E-state index in [0.717, 1.165) is 24.1 Å². The quantitative estimate of drug-likeness (QED) is 0.827. The molecule has 1 aromatic carbocycles. The van der Waals surface area contributed by atoms with Gasteiger partial charge in [-0.15, -0.1) is 0 Å². The Labute approximate surface area is 105 Å². The van der Waals surface area contributed by atoms with Crippen LogP contribution in [0.3, 0.4) is 0 Å². The SMILES string of the molecule is CCCn1cc(-c2cc(CC#N)ccc2F)cn1. The first-order chi connectivity index (χ1) is 8.74. The van der Waals surface area contributed by atoms with E-state index in [2.05, 4.69) is 18.1 Å². The van der Waals surface area contributed by atoms with Crippen LogP contribution in [-0.2, 0) is 13.0 Å². The molecule has 3 nitrogen and oxygen atoms in total. The minimum absolute atomic E-state index is 0.285. The van der Waals surface area contributed by atoms with Crippen LogP contribution in [0.15, 0.2) is 30.6 Å². The lowest BCUT2D eigenvalue weighted by Gasteiger charge is -2.02. The van der Waals surface area contributed by atoms with E-state index in [1.807, 2.05) is 6.20 Å². The third-order valence-electron chi connectivity index (χ3n) is 2.71. The Hall–Kier alpha value is -2.15. The van der Waals surface area contributed by atoms with Gasteiger partial charge in [-0.1, -0.05) is 13.0 Å². The summed E-state index contributed by atoms with van der Waals surface area (Å²) in [5, 5.41) is 12.8. The molecule has 2 aromatic rings. The molecule has 0 saturated carbocycles. The van der Waals surface area contributed by atoms with Crippen molar-refractivity contribution in [3.05, 3.63) is 42.0 Å². The summed E-state index contributed by atoms with van der Waals surface area (Å²) in [5.74, 6) is -0.285. The van der Waals surface area contributed by atoms with Gasteiger partial charge in [-0.25, -0.2) is 4.39 Å². The molecule has 0 radical (unpaired) electrons. The Morgan fingerprint density at radius 2 is 2.28 bits per heavy atom. The van der Waals surface area contributed by atoms with Crippen molar-refractivity contribution >= 4 is 0 Å². The van der Waals surface area contributed by atoms with Gasteiger partial charge in [0.1, 0.15) is 5.82 Å². The highest BCUT2D eigenvalue weighted by Gasteiger charge is 2.08. The van der Waals surface area contributed by atoms with Gasteiger partial charge in [0.15, 0.2) is 0 Å². The maximum absolute atomic E-state index is 13.8. The van der Waals surface area contributed by atoms with E-state index in [9.17, 15) is 4.39 Å². The van der Waals surface area contributed by atoms with Gasteiger partial charge in [-0.3, -0.25) is 4.68 Å². The number of nitriles is 1. The van der Waals surface area contributed by atoms with E-state index in [1.54, 1.807) is 23.0 Å². The van der Waals surface area contributed by atoms with E-state index >= 15 is 0 Å². The van der Waals surface area contributed by atoms with Crippen LogP contribution in [0.2, 0.25) is 0 Å². The fourth-order valence-corrected chi connectivity index (χ4v) is 1.85. The molecule has 2 rings (SSSR count). The Kier molecular flexibility index (Phi) is 3.73. The first-order valence-corrected chi connectivity index (χ1v) is 5.92. The average molecular weight is 243 g/mol. The number of hydrogen-bond acceptors (Lipinski definition) is 2. The molecule has 18 heavy (non-hydrogen) atoms. The highest BCUT2D eigenvalue weighted by Crippen LogP contribution is 2.23. The summed E-state index contributed by atoms with van der Waals surface area (Å²) in [7, 11) is 0. The average Bonchev–Trinajstić information content (AvgIpc) is 2.81. The van der Waals surface area contributed by atoms with Crippen LogP contribution in [0.4, 0.5) is 4.39 Å². The molecule has 0 bridgehead atoms. The van der Waals surface area contributed by atoms with Crippen molar-refractivity contribution in [3.8, 4) is 17.2 Å². The molecule has 0 aliphatic rings. The van der Waals surface area contributed by atoms with Crippen molar-refractivity contribution in [1.82, 2.24) is 9.78 Å². The van der Waals surface area contributed by atoms with E-state index in [4.69, 9.17) is 5.26 Å². The number of aromatic nitrogens is 2. The molecule has 0 N–H and O–H groups in total. The number of benzene rings is 1. The van der Waals surface area contributed by atoms with Gasteiger partial charge in [-0.2, -0.15) is 10.4 Å². The molecule has 0 amide bonds. The molecule has 1 heterocycles. The molecule has 92 valence electrons. The van der Waals surface area contributed by atoms with Crippen LogP contribution in [0.5, 0.6) is 0 Å². The van der Waals surface area contributed by atoms with Crippen LogP contribution in [0, 0.1) is 17.1 Å². The standard InChI is InChI=1S/C14H14FN3/c1-2-7-18-10-12(9-17-18)13-8-11(5-6-16)3-4-14(13)15/h3-4,8-10H,2,5,7H2,1H3. The first-order valence-electron chi connectivity index (χ1n) is 5.92. The Morgan fingerprint density at radius 1 is 1.44 bits per heavy atom. The third kappa shape index (κ3) is 2.57. The molecular formula is C14H14FN3. The second-order valence-corrected chi connectivity index (χ2v) is 4.14. The zero-order chi connectivity index (χ0) is 13.0. The minimum atomic E-state index is -0.285. The number of hydrogen-bond donors (Lipinski definition) is 0. The third-order valence-corrected chi connectivity index (χ3v) is 2.71. The summed E-state index contributed by atoms with van der Waals surface area (Å²) in [5.41, 5.74) is 2.07. The maximum Gasteiger partial charge on any atom is 0.131 e. The molecule has 0 spiro atoms. The summed E-state index contributed by atoms with van der Waals surface area (Å²) >= 11 is 0. The molecule has 1 aromatic heterocycles. The Morgan fingerprint density at radius 3 is 3.00 bits per heavy atom. The van der Waals surface area contributed by atoms with Crippen LogP contribution < -0.4 is 0 Å². The van der Waals surface area contributed by atoms with Gasteiger partial charge in [0.25, 0.3) is 0 Å². The molecular weight excluding hydrogens is 229 g/mol. The lowest BCUT2D eigenvalue weighted by Crippen LogP contribution is -1.95. The van der Waals surface area contributed by atoms with Gasteiger partial charge in [0.2, 0.25) is 0 Å². The van der Waals surface area contributed by atoms with Crippen LogP contribution >= 0.6 is 0 Å². The number of aryl methyl sites for hydroxylation is 1. The molecule has 0 aliphatic carbocycles. The van der Waals surface area contributed by atoms with E-state index < -0.39 is 0 Å². The summed E-state index contributed by atoms with van der Waals surface area (Å²) in [4.78, 5) is 0. The Balaban J connectivity index is 2.36.